The van der Waals surface area contributed by atoms with E-state index in [2.05, 4.69) is 35.0 Å². The van der Waals surface area contributed by atoms with Crippen molar-refractivity contribution >= 4 is 22.0 Å². The van der Waals surface area contributed by atoms with E-state index in [9.17, 15) is 0 Å². The van der Waals surface area contributed by atoms with Crippen molar-refractivity contribution in [2.24, 2.45) is 0 Å². The van der Waals surface area contributed by atoms with Gasteiger partial charge in [-0.05, 0) is 0 Å². The van der Waals surface area contributed by atoms with Crippen molar-refractivity contribution < 1.29 is 71.4 Å². The van der Waals surface area contributed by atoms with Gasteiger partial charge in [0.15, 0.2) is 0 Å². The quantitative estimate of drug-likeness (QED) is 0.393. The Morgan fingerprint density at radius 1 is 1.28 bits per heavy atom. The number of hydrogen-bond acceptors (Lipinski definition) is 2. The van der Waals surface area contributed by atoms with Crippen LogP contribution in [0.3, 0.4) is 0 Å². The SMILES string of the molecule is CC1=Cc2c(cc3c(c2Br)O[CH]([Zr+3])O3)C1.[Cl-].[Cl-].[Cl-]. The molecule has 0 fully saturated rings. The second-order valence-corrected chi connectivity index (χ2v) is 5.78. The largest absolute Gasteiger partial charge is 1.00 e. The molecule has 3 rings (SSSR count). The molecular formula is C11H8BrCl3O2Zr. The average Bonchev–Trinajstić information content (AvgIpc) is 2.69. The van der Waals surface area contributed by atoms with Gasteiger partial charge in [0.1, 0.15) is 0 Å². The summed E-state index contributed by atoms with van der Waals surface area (Å²) in [4.78, 5) is 0. The van der Waals surface area contributed by atoms with Gasteiger partial charge < -0.3 is 37.2 Å². The number of halogens is 4. The molecule has 0 bridgehead atoms. The molecule has 0 radical (unpaired) electrons. The summed E-state index contributed by atoms with van der Waals surface area (Å²) in [5.41, 5.74) is 3.96. The summed E-state index contributed by atoms with van der Waals surface area (Å²) in [6.45, 7) is 2.15. The van der Waals surface area contributed by atoms with Gasteiger partial charge in [0.25, 0.3) is 0 Å². The fourth-order valence-corrected chi connectivity index (χ4v) is 3.28. The van der Waals surface area contributed by atoms with Gasteiger partial charge in [0, 0.05) is 0 Å². The molecule has 1 aromatic rings. The van der Waals surface area contributed by atoms with Crippen molar-refractivity contribution in [3.63, 3.8) is 0 Å². The van der Waals surface area contributed by atoms with E-state index in [1.54, 1.807) is 0 Å². The second-order valence-electron chi connectivity index (χ2n) is 3.83. The second kappa shape index (κ2) is 6.99. The number of rotatable bonds is 0. The molecule has 2 aliphatic rings. The van der Waals surface area contributed by atoms with E-state index < -0.39 is 0 Å². The van der Waals surface area contributed by atoms with E-state index in [1.807, 2.05) is 0 Å². The summed E-state index contributed by atoms with van der Waals surface area (Å²) < 4.78 is 12.2. The van der Waals surface area contributed by atoms with Crippen molar-refractivity contribution in [2.45, 2.75) is 17.3 Å². The zero-order chi connectivity index (χ0) is 10.6. The predicted molar refractivity (Wildman–Crippen MR) is 56.5 cm³/mol. The van der Waals surface area contributed by atoms with Gasteiger partial charge in [-0.1, -0.05) is 0 Å². The Balaban J connectivity index is 0.000000963. The van der Waals surface area contributed by atoms with Crippen LogP contribution in [0.1, 0.15) is 18.1 Å². The standard InChI is InChI=1S/C11H8BrO2.3ClH.Zr/c1-6-2-7-4-9-11(14-5-13-9)10(12)8(7)3-6;;;;/h3-5H,2H2,1H3;3*1H;/q;;;;+3/p-3. The van der Waals surface area contributed by atoms with Crippen LogP contribution in [0.25, 0.3) is 6.08 Å². The minimum atomic E-state index is -0.0869. The van der Waals surface area contributed by atoms with Gasteiger partial charge in [-0.15, -0.1) is 0 Å². The van der Waals surface area contributed by atoms with Gasteiger partial charge in [-0.3, -0.25) is 0 Å². The molecule has 2 nitrogen and oxygen atoms in total. The van der Waals surface area contributed by atoms with Crippen molar-refractivity contribution in [3.05, 3.63) is 27.2 Å². The van der Waals surface area contributed by atoms with Crippen LogP contribution in [0.15, 0.2) is 16.1 Å². The summed E-state index contributed by atoms with van der Waals surface area (Å²) in [6.07, 6.45) is 3.23. The Bertz CT molecular complexity index is 493. The van der Waals surface area contributed by atoms with E-state index in [0.29, 0.717) is 0 Å². The molecule has 1 aliphatic carbocycles. The first-order valence-electron chi connectivity index (χ1n) is 4.72. The van der Waals surface area contributed by atoms with Crippen LogP contribution >= 0.6 is 15.9 Å². The number of fused-ring (bicyclic) bond motifs is 2. The normalized spacial score (nSPS) is 18.0. The minimum absolute atomic E-state index is 0. The molecule has 18 heavy (non-hydrogen) atoms. The molecule has 0 amide bonds. The van der Waals surface area contributed by atoms with Crippen molar-refractivity contribution in [1.82, 2.24) is 0 Å². The molecule has 96 valence electrons. The Morgan fingerprint density at radius 2 is 1.94 bits per heavy atom. The maximum Gasteiger partial charge on any atom is -1.00 e. The average molecular weight is 450 g/mol. The first kappa shape index (κ1) is 18.8. The van der Waals surface area contributed by atoms with Crippen LogP contribution < -0.4 is 46.7 Å². The molecular weight excluding hydrogens is 442 g/mol. The van der Waals surface area contributed by atoms with Crippen LogP contribution in [0.5, 0.6) is 11.5 Å². The fraction of sp³-hybridized carbons (Fsp3) is 0.273. The Morgan fingerprint density at radius 3 is 2.61 bits per heavy atom. The molecule has 0 saturated carbocycles. The number of allylic oxidation sites excluding steroid dienone is 1. The van der Waals surface area contributed by atoms with Crippen molar-refractivity contribution in [3.8, 4) is 11.5 Å². The molecule has 1 atom stereocenters. The van der Waals surface area contributed by atoms with Gasteiger partial charge >= 0.3 is 112 Å². The van der Waals surface area contributed by atoms with Crippen LogP contribution in [0.2, 0.25) is 0 Å². The molecule has 1 aliphatic heterocycles. The van der Waals surface area contributed by atoms with Crippen LogP contribution in [0, 0.1) is 0 Å². The van der Waals surface area contributed by atoms with Gasteiger partial charge in [-0.2, -0.15) is 0 Å². The number of ether oxygens (including phenoxy) is 2. The van der Waals surface area contributed by atoms with E-state index in [0.717, 1.165) is 22.4 Å². The third kappa shape index (κ3) is 3.09. The molecule has 1 aromatic carbocycles. The Labute approximate surface area is 148 Å². The van der Waals surface area contributed by atoms with Crippen LogP contribution in [-0.4, -0.2) is 4.00 Å². The van der Waals surface area contributed by atoms with E-state index >= 15 is 0 Å². The fourth-order valence-electron chi connectivity index (χ4n) is 2.02. The molecule has 1 unspecified atom stereocenters. The third-order valence-corrected chi connectivity index (χ3v) is 4.00. The van der Waals surface area contributed by atoms with Gasteiger partial charge in [0.05, 0.1) is 0 Å². The maximum atomic E-state index is 5.64. The monoisotopic (exact) mass is 446 g/mol. The Hall–Kier alpha value is 0.793. The molecule has 7 heteroatoms. The van der Waals surface area contributed by atoms with E-state index in [4.69, 9.17) is 9.47 Å². The Kier molecular flexibility index (Phi) is 7.30. The smallest absolute Gasteiger partial charge is 1.00 e. The minimum Gasteiger partial charge on any atom is -1.00 e. The van der Waals surface area contributed by atoms with Crippen LogP contribution in [0.4, 0.5) is 0 Å². The van der Waals surface area contributed by atoms with Gasteiger partial charge in [0.2, 0.25) is 0 Å². The summed E-state index contributed by atoms with van der Waals surface area (Å²) >= 11 is 4.84. The molecule has 0 saturated heterocycles. The molecule has 0 N–H and O–H groups in total. The summed E-state index contributed by atoms with van der Waals surface area (Å²) in [7, 11) is 0. The first-order chi connectivity index (χ1) is 7.15. The van der Waals surface area contributed by atoms with E-state index in [-0.39, 0.29) is 41.2 Å². The zero-order valence-corrected chi connectivity index (χ0v) is 15.6. The summed E-state index contributed by atoms with van der Waals surface area (Å²) in [6, 6.07) is 2.10. The molecule has 1 heterocycles. The predicted octanol–water partition coefficient (Wildman–Crippen LogP) is -5.98. The molecule has 0 spiro atoms. The number of hydrogen-bond donors (Lipinski definition) is 0. The third-order valence-electron chi connectivity index (χ3n) is 2.63. The zero-order valence-electron chi connectivity index (χ0n) is 9.27. The summed E-state index contributed by atoms with van der Waals surface area (Å²) in [5.74, 6) is 1.74. The van der Waals surface area contributed by atoms with Crippen molar-refractivity contribution in [1.29, 1.82) is 0 Å². The maximum absolute atomic E-state index is 5.64. The molecule has 0 aromatic heterocycles. The van der Waals surface area contributed by atoms with Crippen molar-refractivity contribution in [2.75, 3.05) is 0 Å². The number of benzene rings is 1. The summed E-state index contributed by atoms with van der Waals surface area (Å²) in [5, 5.41) is 0. The van der Waals surface area contributed by atoms with Crippen LogP contribution in [-0.2, 0) is 31.1 Å². The first-order valence-corrected chi connectivity index (χ1v) is 6.93. The topological polar surface area (TPSA) is 18.5 Å². The van der Waals surface area contributed by atoms with E-state index in [1.165, 1.54) is 41.4 Å². The van der Waals surface area contributed by atoms with Gasteiger partial charge in [-0.25, -0.2) is 0 Å².